The zero-order valence-electron chi connectivity index (χ0n) is 7.77. The minimum Gasteiger partial charge on any atom is -0.398 e. The Bertz CT molecular complexity index is 465. The van der Waals surface area contributed by atoms with Crippen molar-refractivity contribution in [2.45, 2.75) is 0 Å². The van der Waals surface area contributed by atoms with Crippen LogP contribution in [0.1, 0.15) is 10.4 Å². The van der Waals surface area contributed by atoms with Gasteiger partial charge in [-0.1, -0.05) is 0 Å². The normalized spacial score (nSPS) is 9.87. The van der Waals surface area contributed by atoms with Gasteiger partial charge >= 0.3 is 0 Å². The second kappa shape index (κ2) is 3.79. The quantitative estimate of drug-likeness (QED) is 0.667. The number of anilines is 2. The third-order valence-corrected chi connectivity index (χ3v) is 1.83. The van der Waals surface area contributed by atoms with Crippen molar-refractivity contribution < 1.29 is 4.79 Å². The Morgan fingerprint density at radius 1 is 1.47 bits per heavy atom. The molecule has 2 aromatic heterocycles. The van der Waals surface area contributed by atoms with Crippen LogP contribution in [0.5, 0.6) is 0 Å². The molecular weight excluding hydrogens is 194 g/mol. The Labute approximate surface area is 85.6 Å². The van der Waals surface area contributed by atoms with E-state index in [4.69, 9.17) is 5.73 Å². The van der Waals surface area contributed by atoms with Crippen LogP contribution in [0, 0.1) is 0 Å². The van der Waals surface area contributed by atoms with Gasteiger partial charge in [0, 0.05) is 30.5 Å². The van der Waals surface area contributed by atoms with E-state index in [9.17, 15) is 4.79 Å². The molecule has 0 unspecified atom stereocenters. The Balaban J connectivity index is 2.19. The number of nitrogen functional groups attached to an aromatic ring is 1. The van der Waals surface area contributed by atoms with Gasteiger partial charge in [-0.2, -0.15) is 0 Å². The maximum atomic E-state index is 11.6. The highest BCUT2D eigenvalue weighted by molar-refractivity contribution is 6.06. The highest BCUT2D eigenvalue weighted by Crippen LogP contribution is 2.10. The first-order valence-corrected chi connectivity index (χ1v) is 4.27. The first kappa shape index (κ1) is 9.20. The minimum atomic E-state index is -0.337. The molecule has 0 atom stereocenters. The van der Waals surface area contributed by atoms with E-state index in [1.54, 1.807) is 18.5 Å². The maximum Gasteiger partial charge on any atom is 0.261 e. The zero-order chi connectivity index (χ0) is 10.7. The number of nitrogens with one attached hydrogen (secondary N) is 2. The van der Waals surface area contributed by atoms with Crippen molar-refractivity contribution in [3.8, 4) is 0 Å². The summed E-state index contributed by atoms with van der Waals surface area (Å²) in [6, 6.07) is 1.57. The fourth-order valence-electron chi connectivity index (χ4n) is 1.10. The highest BCUT2D eigenvalue weighted by atomic mass is 16.1. The molecule has 2 heterocycles. The number of aromatic nitrogens is 3. The summed E-state index contributed by atoms with van der Waals surface area (Å²) in [5.74, 6) is 0.0406. The SMILES string of the molecule is Nc1ccncc1C(=O)Nc1ncc[nH]1. The summed E-state index contributed by atoms with van der Waals surface area (Å²) in [5.41, 5.74) is 6.33. The van der Waals surface area contributed by atoms with Gasteiger partial charge in [0.15, 0.2) is 0 Å². The Morgan fingerprint density at radius 2 is 2.33 bits per heavy atom. The fourth-order valence-corrected chi connectivity index (χ4v) is 1.10. The number of nitrogens with two attached hydrogens (primary N) is 1. The third-order valence-electron chi connectivity index (χ3n) is 1.83. The summed E-state index contributed by atoms with van der Waals surface area (Å²) >= 11 is 0. The standard InChI is InChI=1S/C9H9N5O/c10-7-1-2-11-5-6(7)8(15)14-9-12-3-4-13-9/h1-5H,(H2,10,11)(H2,12,13,14,15). The number of imidazole rings is 1. The molecule has 6 heteroatoms. The topological polar surface area (TPSA) is 96.7 Å². The van der Waals surface area contributed by atoms with E-state index >= 15 is 0 Å². The molecule has 0 saturated carbocycles. The van der Waals surface area contributed by atoms with Crippen LogP contribution in [0.25, 0.3) is 0 Å². The molecule has 0 saturated heterocycles. The van der Waals surface area contributed by atoms with E-state index in [-0.39, 0.29) is 5.91 Å². The van der Waals surface area contributed by atoms with Crippen molar-refractivity contribution in [3.05, 3.63) is 36.4 Å². The molecule has 76 valence electrons. The molecule has 0 aliphatic heterocycles. The summed E-state index contributed by atoms with van der Waals surface area (Å²) in [6.45, 7) is 0. The second-order valence-corrected chi connectivity index (χ2v) is 2.85. The lowest BCUT2D eigenvalue weighted by atomic mass is 10.2. The van der Waals surface area contributed by atoms with E-state index in [1.165, 1.54) is 12.4 Å². The monoisotopic (exact) mass is 203 g/mol. The van der Waals surface area contributed by atoms with Gasteiger partial charge in [-0.3, -0.25) is 15.1 Å². The van der Waals surface area contributed by atoms with E-state index in [0.717, 1.165) is 0 Å². The second-order valence-electron chi connectivity index (χ2n) is 2.85. The van der Waals surface area contributed by atoms with Gasteiger partial charge in [-0.05, 0) is 6.07 Å². The van der Waals surface area contributed by atoms with Crippen molar-refractivity contribution in [1.82, 2.24) is 15.0 Å². The van der Waals surface area contributed by atoms with Gasteiger partial charge in [-0.25, -0.2) is 4.98 Å². The molecule has 0 fully saturated rings. The molecule has 2 aromatic rings. The van der Waals surface area contributed by atoms with Gasteiger partial charge in [0.2, 0.25) is 5.95 Å². The summed E-state index contributed by atoms with van der Waals surface area (Å²) in [6.07, 6.45) is 6.09. The van der Waals surface area contributed by atoms with Crippen molar-refractivity contribution in [1.29, 1.82) is 0 Å². The number of hydrogen-bond donors (Lipinski definition) is 3. The number of nitrogens with zero attached hydrogens (tertiary/aromatic N) is 2. The zero-order valence-corrected chi connectivity index (χ0v) is 7.77. The average Bonchev–Trinajstić information content (AvgIpc) is 2.71. The first-order valence-electron chi connectivity index (χ1n) is 4.27. The van der Waals surface area contributed by atoms with Crippen molar-refractivity contribution in [2.24, 2.45) is 0 Å². The van der Waals surface area contributed by atoms with Crippen LogP contribution in [-0.4, -0.2) is 20.9 Å². The molecule has 1 amide bonds. The van der Waals surface area contributed by atoms with Gasteiger partial charge in [0.05, 0.1) is 5.56 Å². The van der Waals surface area contributed by atoms with Crippen LogP contribution < -0.4 is 11.1 Å². The number of pyridine rings is 1. The molecule has 0 radical (unpaired) electrons. The van der Waals surface area contributed by atoms with Crippen molar-refractivity contribution in [3.63, 3.8) is 0 Å². The van der Waals surface area contributed by atoms with E-state index in [1.807, 2.05) is 0 Å². The van der Waals surface area contributed by atoms with Gasteiger partial charge in [-0.15, -0.1) is 0 Å². The number of H-pyrrole nitrogens is 1. The third kappa shape index (κ3) is 1.93. The molecule has 0 spiro atoms. The van der Waals surface area contributed by atoms with Crippen LogP contribution in [0.2, 0.25) is 0 Å². The van der Waals surface area contributed by atoms with Crippen LogP contribution in [0.4, 0.5) is 11.6 Å². The van der Waals surface area contributed by atoms with E-state index < -0.39 is 0 Å². The number of aromatic amines is 1. The van der Waals surface area contributed by atoms with Crippen molar-refractivity contribution >= 4 is 17.5 Å². The number of rotatable bonds is 2. The molecule has 2 rings (SSSR count). The Hall–Kier alpha value is -2.37. The highest BCUT2D eigenvalue weighted by Gasteiger charge is 2.10. The summed E-state index contributed by atoms with van der Waals surface area (Å²) < 4.78 is 0. The van der Waals surface area contributed by atoms with Crippen LogP contribution in [0.15, 0.2) is 30.9 Å². The molecular formula is C9H9N5O. The Kier molecular flexibility index (Phi) is 2.32. The van der Waals surface area contributed by atoms with Crippen LogP contribution in [0.3, 0.4) is 0 Å². The van der Waals surface area contributed by atoms with Gasteiger partial charge in [0.1, 0.15) is 0 Å². The average molecular weight is 203 g/mol. The summed E-state index contributed by atoms with van der Waals surface area (Å²) in [5, 5.41) is 2.55. The smallest absolute Gasteiger partial charge is 0.261 e. The summed E-state index contributed by atoms with van der Waals surface area (Å²) in [7, 11) is 0. The first-order chi connectivity index (χ1) is 7.27. The predicted octanol–water partition coefficient (Wildman–Crippen LogP) is 0.639. The molecule has 0 aromatic carbocycles. The number of carbonyl (C=O) groups is 1. The molecule has 0 bridgehead atoms. The molecule has 4 N–H and O–H groups in total. The van der Waals surface area contributed by atoms with Gasteiger partial charge in [0.25, 0.3) is 5.91 Å². The minimum absolute atomic E-state index is 0.328. The lowest BCUT2D eigenvalue weighted by Crippen LogP contribution is -2.15. The van der Waals surface area contributed by atoms with Crippen LogP contribution in [-0.2, 0) is 0 Å². The molecule has 15 heavy (non-hydrogen) atoms. The molecule has 6 nitrogen and oxygen atoms in total. The lowest BCUT2D eigenvalue weighted by molar-refractivity contribution is 0.102. The van der Waals surface area contributed by atoms with E-state index in [0.29, 0.717) is 17.2 Å². The predicted molar refractivity (Wildman–Crippen MR) is 55.2 cm³/mol. The largest absolute Gasteiger partial charge is 0.398 e. The molecule has 0 aliphatic rings. The van der Waals surface area contributed by atoms with Crippen molar-refractivity contribution in [2.75, 3.05) is 11.1 Å². The van der Waals surface area contributed by atoms with E-state index in [2.05, 4.69) is 20.3 Å². The number of amides is 1. The Morgan fingerprint density at radius 3 is 3.00 bits per heavy atom. The fraction of sp³-hybridized carbons (Fsp3) is 0. The number of hydrogen-bond acceptors (Lipinski definition) is 4. The number of carbonyl (C=O) groups excluding carboxylic acids is 1. The lowest BCUT2D eigenvalue weighted by Gasteiger charge is -2.03. The summed E-state index contributed by atoms with van der Waals surface area (Å²) in [4.78, 5) is 22.1. The molecule has 0 aliphatic carbocycles. The van der Waals surface area contributed by atoms with Crippen LogP contribution >= 0.6 is 0 Å². The maximum absolute atomic E-state index is 11.6. The van der Waals surface area contributed by atoms with Gasteiger partial charge < -0.3 is 10.7 Å².